The van der Waals surface area contributed by atoms with E-state index < -0.39 is 11.9 Å². The van der Waals surface area contributed by atoms with Crippen molar-refractivity contribution in [2.75, 3.05) is 13.1 Å². The number of hydrogen-bond donors (Lipinski definition) is 1. The standard InChI is InChI=1S/C16H21NO3/c1-11-4-3-5-13(8-11)6-7-15(18)17-9-12(2)14(10-17)16(19)20/h3-5,8,12,14H,6-7,9-10H2,1-2H3,(H,19,20). The number of aryl methyl sites for hydroxylation is 2. The lowest BCUT2D eigenvalue weighted by molar-refractivity contribution is -0.142. The first-order valence-corrected chi connectivity index (χ1v) is 7.03. The fourth-order valence-electron chi connectivity index (χ4n) is 2.77. The van der Waals surface area contributed by atoms with Crippen molar-refractivity contribution >= 4 is 11.9 Å². The Morgan fingerprint density at radius 1 is 1.35 bits per heavy atom. The van der Waals surface area contributed by atoms with Crippen molar-refractivity contribution in [1.82, 2.24) is 4.90 Å². The van der Waals surface area contributed by atoms with Gasteiger partial charge in [0, 0.05) is 19.5 Å². The van der Waals surface area contributed by atoms with Crippen molar-refractivity contribution in [3.8, 4) is 0 Å². The van der Waals surface area contributed by atoms with Gasteiger partial charge in [0.15, 0.2) is 0 Å². The van der Waals surface area contributed by atoms with Gasteiger partial charge in [0.05, 0.1) is 5.92 Å². The number of nitrogens with zero attached hydrogens (tertiary/aromatic N) is 1. The molecule has 4 heteroatoms. The van der Waals surface area contributed by atoms with E-state index in [4.69, 9.17) is 5.11 Å². The molecule has 0 spiro atoms. The molecule has 2 rings (SSSR count). The molecule has 108 valence electrons. The largest absolute Gasteiger partial charge is 0.481 e. The number of hydrogen-bond acceptors (Lipinski definition) is 2. The van der Waals surface area contributed by atoms with Gasteiger partial charge >= 0.3 is 5.97 Å². The molecule has 1 saturated heterocycles. The highest BCUT2D eigenvalue weighted by Gasteiger charge is 2.36. The number of amides is 1. The summed E-state index contributed by atoms with van der Waals surface area (Å²) in [5.74, 6) is -1.12. The predicted octanol–water partition coefficient (Wildman–Crippen LogP) is 2.11. The van der Waals surface area contributed by atoms with E-state index in [2.05, 4.69) is 6.07 Å². The summed E-state index contributed by atoms with van der Waals surface area (Å²) in [7, 11) is 0. The molecule has 1 aromatic rings. The minimum atomic E-state index is -0.800. The minimum absolute atomic E-state index is 0.0374. The zero-order valence-electron chi connectivity index (χ0n) is 12.0. The van der Waals surface area contributed by atoms with E-state index in [0.29, 0.717) is 25.9 Å². The number of carbonyl (C=O) groups excluding carboxylic acids is 1. The number of aliphatic carboxylic acids is 1. The Morgan fingerprint density at radius 2 is 2.10 bits per heavy atom. The molecule has 1 aromatic carbocycles. The van der Waals surface area contributed by atoms with Crippen LogP contribution in [0.4, 0.5) is 0 Å². The van der Waals surface area contributed by atoms with Gasteiger partial charge < -0.3 is 10.0 Å². The molecule has 0 bridgehead atoms. The predicted molar refractivity (Wildman–Crippen MR) is 76.4 cm³/mol. The molecule has 1 aliphatic heterocycles. The van der Waals surface area contributed by atoms with Crippen LogP contribution in [-0.2, 0) is 16.0 Å². The quantitative estimate of drug-likeness (QED) is 0.915. The van der Waals surface area contributed by atoms with Gasteiger partial charge in [0.2, 0.25) is 5.91 Å². The van der Waals surface area contributed by atoms with Crippen LogP contribution in [0.2, 0.25) is 0 Å². The second-order valence-electron chi connectivity index (χ2n) is 5.71. The SMILES string of the molecule is Cc1cccc(CCC(=O)N2CC(C)C(C(=O)O)C2)c1. The maximum Gasteiger partial charge on any atom is 0.308 e. The summed E-state index contributed by atoms with van der Waals surface area (Å²) in [6, 6.07) is 8.13. The summed E-state index contributed by atoms with van der Waals surface area (Å²) in [5, 5.41) is 9.08. The molecule has 4 nitrogen and oxygen atoms in total. The van der Waals surface area contributed by atoms with Gasteiger partial charge in [-0.05, 0) is 24.8 Å². The normalized spacial score (nSPS) is 22.0. The van der Waals surface area contributed by atoms with Crippen LogP contribution in [0.1, 0.15) is 24.5 Å². The van der Waals surface area contributed by atoms with E-state index in [1.54, 1.807) is 4.90 Å². The zero-order chi connectivity index (χ0) is 14.7. The average Bonchev–Trinajstić information content (AvgIpc) is 2.78. The minimum Gasteiger partial charge on any atom is -0.481 e. The monoisotopic (exact) mass is 275 g/mol. The van der Waals surface area contributed by atoms with E-state index in [-0.39, 0.29) is 11.8 Å². The number of carboxylic acid groups (broad SMARTS) is 1. The van der Waals surface area contributed by atoms with Crippen LogP contribution in [0.15, 0.2) is 24.3 Å². The van der Waals surface area contributed by atoms with Gasteiger partial charge in [0.1, 0.15) is 0 Å². The summed E-state index contributed by atoms with van der Waals surface area (Å²) < 4.78 is 0. The Morgan fingerprint density at radius 3 is 2.70 bits per heavy atom. The number of rotatable bonds is 4. The molecule has 0 radical (unpaired) electrons. The van der Waals surface area contributed by atoms with Gasteiger partial charge in [-0.2, -0.15) is 0 Å². The summed E-state index contributed by atoms with van der Waals surface area (Å²) in [4.78, 5) is 24.9. The van der Waals surface area contributed by atoms with Crippen LogP contribution >= 0.6 is 0 Å². The smallest absolute Gasteiger partial charge is 0.308 e. The van der Waals surface area contributed by atoms with Gasteiger partial charge in [-0.3, -0.25) is 9.59 Å². The lowest BCUT2D eigenvalue weighted by Gasteiger charge is -2.15. The number of carboxylic acids is 1. The van der Waals surface area contributed by atoms with E-state index >= 15 is 0 Å². The Balaban J connectivity index is 1.88. The molecule has 1 amide bonds. The van der Waals surface area contributed by atoms with Gasteiger partial charge in [0.25, 0.3) is 0 Å². The Bertz CT molecular complexity index is 512. The molecule has 1 heterocycles. The zero-order valence-corrected chi connectivity index (χ0v) is 12.0. The lowest BCUT2D eigenvalue weighted by atomic mass is 9.99. The molecule has 0 aromatic heterocycles. The van der Waals surface area contributed by atoms with Crippen molar-refractivity contribution in [3.63, 3.8) is 0 Å². The van der Waals surface area contributed by atoms with Crippen molar-refractivity contribution in [2.45, 2.75) is 26.7 Å². The highest BCUT2D eigenvalue weighted by atomic mass is 16.4. The second kappa shape index (κ2) is 6.07. The van der Waals surface area contributed by atoms with Crippen LogP contribution in [-0.4, -0.2) is 35.0 Å². The van der Waals surface area contributed by atoms with Crippen LogP contribution < -0.4 is 0 Å². The maximum absolute atomic E-state index is 12.2. The molecule has 2 unspecified atom stereocenters. The van der Waals surface area contributed by atoms with Crippen molar-refractivity contribution in [1.29, 1.82) is 0 Å². The van der Waals surface area contributed by atoms with E-state index in [0.717, 1.165) is 5.56 Å². The first kappa shape index (κ1) is 14.6. The second-order valence-corrected chi connectivity index (χ2v) is 5.71. The van der Waals surface area contributed by atoms with Crippen LogP contribution in [0.3, 0.4) is 0 Å². The molecule has 0 aliphatic carbocycles. The molecule has 0 saturated carbocycles. The van der Waals surface area contributed by atoms with Crippen molar-refractivity contribution < 1.29 is 14.7 Å². The summed E-state index contributed by atoms with van der Waals surface area (Å²) in [5.41, 5.74) is 2.34. The van der Waals surface area contributed by atoms with E-state index in [1.165, 1.54) is 5.56 Å². The van der Waals surface area contributed by atoms with Gasteiger partial charge in [-0.1, -0.05) is 36.8 Å². The summed E-state index contributed by atoms with van der Waals surface area (Å²) in [6.45, 7) is 4.84. The lowest BCUT2D eigenvalue weighted by Crippen LogP contribution is -2.30. The van der Waals surface area contributed by atoms with Crippen LogP contribution in [0.5, 0.6) is 0 Å². The molecule has 20 heavy (non-hydrogen) atoms. The third kappa shape index (κ3) is 3.38. The Hall–Kier alpha value is -1.84. The van der Waals surface area contributed by atoms with E-state index in [1.807, 2.05) is 32.0 Å². The summed E-state index contributed by atoms with van der Waals surface area (Å²) >= 11 is 0. The van der Waals surface area contributed by atoms with Crippen LogP contribution in [0, 0.1) is 18.8 Å². The molecule has 2 atom stereocenters. The Labute approximate surface area is 119 Å². The third-order valence-electron chi connectivity index (χ3n) is 3.99. The van der Waals surface area contributed by atoms with Crippen LogP contribution in [0.25, 0.3) is 0 Å². The highest BCUT2D eigenvalue weighted by molar-refractivity contribution is 5.79. The van der Waals surface area contributed by atoms with Gasteiger partial charge in [-0.25, -0.2) is 0 Å². The molecular formula is C16H21NO3. The number of carbonyl (C=O) groups is 2. The first-order valence-electron chi connectivity index (χ1n) is 7.03. The fraction of sp³-hybridized carbons (Fsp3) is 0.500. The molecule has 1 N–H and O–H groups in total. The highest BCUT2D eigenvalue weighted by Crippen LogP contribution is 2.24. The maximum atomic E-state index is 12.2. The third-order valence-corrected chi connectivity index (χ3v) is 3.99. The molecule has 1 aliphatic rings. The topological polar surface area (TPSA) is 57.6 Å². The van der Waals surface area contributed by atoms with E-state index in [9.17, 15) is 9.59 Å². The molecule has 1 fully saturated rings. The first-order chi connectivity index (χ1) is 9.47. The fourth-order valence-corrected chi connectivity index (χ4v) is 2.77. The number of benzene rings is 1. The Kier molecular flexibility index (Phi) is 4.42. The van der Waals surface area contributed by atoms with Crippen molar-refractivity contribution in [3.05, 3.63) is 35.4 Å². The van der Waals surface area contributed by atoms with Crippen molar-refractivity contribution in [2.24, 2.45) is 11.8 Å². The summed E-state index contributed by atoms with van der Waals surface area (Å²) in [6.07, 6.45) is 1.16. The molecular weight excluding hydrogens is 254 g/mol. The average molecular weight is 275 g/mol. The number of likely N-dealkylation sites (tertiary alicyclic amines) is 1. The van der Waals surface area contributed by atoms with Gasteiger partial charge in [-0.15, -0.1) is 0 Å².